The molecule has 5 heteroatoms. The Morgan fingerprint density at radius 1 is 1.25 bits per heavy atom. The third-order valence-corrected chi connectivity index (χ3v) is 6.44. The number of carbonyl (C=O) groups excluding carboxylic acids is 1. The highest BCUT2D eigenvalue weighted by atomic mass is 16.1. The first-order valence-corrected chi connectivity index (χ1v) is 10.6. The lowest BCUT2D eigenvalue weighted by Crippen LogP contribution is -2.42. The molecule has 2 aliphatic rings. The summed E-state index contributed by atoms with van der Waals surface area (Å²) in [6.07, 6.45) is 4.89. The molecule has 1 amide bonds. The molecule has 0 radical (unpaired) electrons. The van der Waals surface area contributed by atoms with E-state index in [2.05, 4.69) is 59.2 Å². The molecule has 28 heavy (non-hydrogen) atoms. The van der Waals surface area contributed by atoms with Crippen LogP contribution in [0.1, 0.15) is 31.7 Å². The highest BCUT2D eigenvalue weighted by Crippen LogP contribution is 2.32. The Balaban J connectivity index is 1.42. The van der Waals surface area contributed by atoms with Crippen LogP contribution in [-0.2, 0) is 4.79 Å². The summed E-state index contributed by atoms with van der Waals surface area (Å²) >= 11 is 0. The highest BCUT2D eigenvalue weighted by Gasteiger charge is 2.32. The van der Waals surface area contributed by atoms with E-state index in [-0.39, 0.29) is 11.9 Å². The first-order chi connectivity index (χ1) is 13.5. The summed E-state index contributed by atoms with van der Waals surface area (Å²) in [5.41, 5.74) is 3.50. The van der Waals surface area contributed by atoms with Crippen LogP contribution in [0, 0.1) is 18.8 Å². The summed E-state index contributed by atoms with van der Waals surface area (Å²) in [5, 5.41) is 4.54. The van der Waals surface area contributed by atoms with E-state index in [1.54, 1.807) is 0 Å². The SMILES string of the molecule is Cc1ccc(N2C[C@@H](C)[C@@H](NC(=O)C[C@H]3CCCN(C)C3)C2)c2cccnc12. The second kappa shape index (κ2) is 8.08. The lowest BCUT2D eigenvalue weighted by Gasteiger charge is -2.29. The van der Waals surface area contributed by atoms with Gasteiger partial charge in [0.15, 0.2) is 0 Å². The molecule has 1 N–H and O–H groups in total. The summed E-state index contributed by atoms with van der Waals surface area (Å²) < 4.78 is 0. The lowest BCUT2D eigenvalue weighted by atomic mass is 9.94. The molecule has 1 aromatic heterocycles. The molecule has 4 rings (SSSR count). The molecule has 0 aliphatic carbocycles. The van der Waals surface area contributed by atoms with Crippen molar-refractivity contribution in [3.63, 3.8) is 0 Å². The van der Waals surface area contributed by atoms with Gasteiger partial charge >= 0.3 is 0 Å². The maximum absolute atomic E-state index is 12.7. The molecule has 1 aromatic carbocycles. The predicted octanol–water partition coefficient (Wildman–Crippen LogP) is 3.22. The quantitative estimate of drug-likeness (QED) is 0.885. The van der Waals surface area contributed by atoms with Crippen LogP contribution in [0.2, 0.25) is 0 Å². The zero-order valence-electron chi connectivity index (χ0n) is 17.3. The summed E-state index contributed by atoms with van der Waals surface area (Å²) in [5.74, 6) is 1.15. The van der Waals surface area contributed by atoms with Gasteiger partial charge in [-0.15, -0.1) is 0 Å². The fourth-order valence-corrected chi connectivity index (χ4v) is 4.89. The van der Waals surface area contributed by atoms with Gasteiger partial charge in [-0.25, -0.2) is 0 Å². The first kappa shape index (κ1) is 19.2. The third kappa shape index (κ3) is 4.00. The molecule has 2 aromatic rings. The number of amides is 1. The second-order valence-corrected chi connectivity index (χ2v) is 8.83. The van der Waals surface area contributed by atoms with Crippen LogP contribution in [0.4, 0.5) is 5.69 Å². The summed E-state index contributed by atoms with van der Waals surface area (Å²) in [6, 6.07) is 8.72. The van der Waals surface area contributed by atoms with Crippen molar-refractivity contribution in [2.24, 2.45) is 11.8 Å². The number of fused-ring (bicyclic) bond motifs is 1. The van der Waals surface area contributed by atoms with Crippen LogP contribution >= 0.6 is 0 Å². The van der Waals surface area contributed by atoms with Crippen molar-refractivity contribution >= 4 is 22.5 Å². The van der Waals surface area contributed by atoms with Crippen LogP contribution in [0.3, 0.4) is 0 Å². The minimum Gasteiger partial charge on any atom is -0.369 e. The molecule has 0 spiro atoms. The van der Waals surface area contributed by atoms with Crippen LogP contribution in [-0.4, -0.2) is 55.1 Å². The molecule has 150 valence electrons. The average molecular weight is 381 g/mol. The van der Waals surface area contributed by atoms with Crippen molar-refractivity contribution in [2.45, 2.75) is 39.2 Å². The Kier molecular flexibility index (Phi) is 5.54. The fraction of sp³-hybridized carbons (Fsp3) is 0.565. The third-order valence-electron chi connectivity index (χ3n) is 6.44. The minimum absolute atomic E-state index is 0.210. The van der Waals surface area contributed by atoms with Gasteiger partial charge in [-0.3, -0.25) is 9.78 Å². The number of aryl methyl sites for hydroxylation is 1. The number of nitrogens with one attached hydrogen (secondary N) is 1. The van der Waals surface area contributed by atoms with Crippen molar-refractivity contribution in [1.29, 1.82) is 0 Å². The number of piperidine rings is 1. The largest absolute Gasteiger partial charge is 0.369 e. The number of pyridine rings is 1. The number of aromatic nitrogens is 1. The summed E-state index contributed by atoms with van der Waals surface area (Å²) in [7, 11) is 2.15. The molecular formula is C23H32N4O. The Bertz CT molecular complexity index is 852. The number of benzene rings is 1. The molecule has 0 bridgehead atoms. The van der Waals surface area contributed by atoms with Crippen LogP contribution < -0.4 is 10.2 Å². The van der Waals surface area contributed by atoms with Gasteiger partial charge in [0.1, 0.15) is 0 Å². The van der Waals surface area contributed by atoms with E-state index in [1.807, 2.05) is 12.3 Å². The Labute approximate surface area is 168 Å². The number of hydrogen-bond acceptors (Lipinski definition) is 4. The Morgan fingerprint density at radius 2 is 2.11 bits per heavy atom. The van der Waals surface area contributed by atoms with Gasteiger partial charge in [-0.05, 0) is 69.0 Å². The summed E-state index contributed by atoms with van der Waals surface area (Å²) in [4.78, 5) is 22.0. The number of nitrogens with zero attached hydrogens (tertiary/aromatic N) is 3. The number of likely N-dealkylation sites (tertiary alicyclic amines) is 1. The van der Waals surface area contributed by atoms with Crippen molar-refractivity contribution in [3.8, 4) is 0 Å². The molecule has 2 fully saturated rings. The van der Waals surface area contributed by atoms with E-state index in [0.717, 1.165) is 31.7 Å². The molecule has 0 saturated carbocycles. The van der Waals surface area contributed by atoms with Crippen molar-refractivity contribution in [3.05, 3.63) is 36.0 Å². The van der Waals surface area contributed by atoms with E-state index < -0.39 is 0 Å². The van der Waals surface area contributed by atoms with E-state index in [4.69, 9.17) is 0 Å². The van der Waals surface area contributed by atoms with E-state index in [0.29, 0.717) is 18.3 Å². The molecule has 3 atom stereocenters. The maximum Gasteiger partial charge on any atom is 0.220 e. The van der Waals surface area contributed by atoms with Crippen LogP contribution in [0.25, 0.3) is 10.9 Å². The zero-order chi connectivity index (χ0) is 19.7. The monoisotopic (exact) mass is 380 g/mol. The van der Waals surface area contributed by atoms with E-state index in [9.17, 15) is 4.79 Å². The molecule has 2 saturated heterocycles. The number of anilines is 1. The van der Waals surface area contributed by atoms with Crippen LogP contribution in [0.5, 0.6) is 0 Å². The zero-order valence-corrected chi connectivity index (χ0v) is 17.3. The lowest BCUT2D eigenvalue weighted by molar-refractivity contribution is -0.123. The normalized spacial score (nSPS) is 26.0. The van der Waals surface area contributed by atoms with Gasteiger partial charge < -0.3 is 15.1 Å². The summed E-state index contributed by atoms with van der Waals surface area (Å²) in [6.45, 7) is 8.38. The first-order valence-electron chi connectivity index (χ1n) is 10.6. The van der Waals surface area contributed by atoms with Gasteiger partial charge in [0.05, 0.1) is 11.6 Å². The van der Waals surface area contributed by atoms with Gasteiger partial charge in [0, 0.05) is 43.3 Å². The topological polar surface area (TPSA) is 48.5 Å². The van der Waals surface area contributed by atoms with Crippen molar-refractivity contribution in [1.82, 2.24) is 15.2 Å². The molecule has 3 heterocycles. The van der Waals surface area contributed by atoms with Crippen molar-refractivity contribution < 1.29 is 4.79 Å². The van der Waals surface area contributed by atoms with Gasteiger partial charge in [-0.1, -0.05) is 13.0 Å². The number of rotatable bonds is 4. The molecule has 5 nitrogen and oxygen atoms in total. The van der Waals surface area contributed by atoms with Gasteiger partial charge in [0.2, 0.25) is 5.91 Å². The molecular weight excluding hydrogens is 348 g/mol. The smallest absolute Gasteiger partial charge is 0.220 e. The molecule has 0 unspecified atom stereocenters. The maximum atomic E-state index is 12.7. The fourth-order valence-electron chi connectivity index (χ4n) is 4.89. The minimum atomic E-state index is 0.210. The number of carbonyl (C=O) groups is 1. The van der Waals surface area contributed by atoms with Gasteiger partial charge in [0.25, 0.3) is 0 Å². The standard InChI is InChI=1S/C23H32N4O/c1-16-8-9-21(19-7-4-10-24-23(16)19)27-13-17(2)20(15-27)25-22(28)12-18-6-5-11-26(3)14-18/h4,7-10,17-18,20H,5-6,11-15H2,1-3H3,(H,25,28)/t17-,18-,20+/m1/s1. The van der Waals surface area contributed by atoms with E-state index in [1.165, 1.54) is 29.5 Å². The highest BCUT2D eigenvalue weighted by molar-refractivity contribution is 5.94. The average Bonchev–Trinajstić information content (AvgIpc) is 3.02. The Hall–Kier alpha value is -2.14. The van der Waals surface area contributed by atoms with Gasteiger partial charge in [-0.2, -0.15) is 0 Å². The Morgan fingerprint density at radius 3 is 2.93 bits per heavy atom. The van der Waals surface area contributed by atoms with E-state index >= 15 is 0 Å². The molecule has 2 aliphatic heterocycles. The second-order valence-electron chi connectivity index (χ2n) is 8.83. The van der Waals surface area contributed by atoms with Crippen molar-refractivity contribution in [2.75, 3.05) is 38.1 Å². The number of hydrogen-bond donors (Lipinski definition) is 1. The van der Waals surface area contributed by atoms with Crippen LogP contribution in [0.15, 0.2) is 30.5 Å². The predicted molar refractivity (Wildman–Crippen MR) is 115 cm³/mol.